The van der Waals surface area contributed by atoms with Crippen molar-refractivity contribution < 1.29 is 24.0 Å². The molecule has 0 aliphatic carbocycles. The van der Waals surface area contributed by atoms with E-state index in [-0.39, 0.29) is 17.0 Å². The summed E-state index contributed by atoms with van der Waals surface area (Å²) in [4.78, 5) is 39.9. The van der Waals surface area contributed by atoms with Crippen molar-refractivity contribution in [3.63, 3.8) is 0 Å². The lowest BCUT2D eigenvalue weighted by atomic mass is 9.95. The first kappa shape index (κ1) is 24.6. The number of hydrogen-bond donors (Lipinski definition) is 2. The molecule has 36 heavy (non-hydrogen) atoms. The first-order chi connectivity index (χ1) is 17.1. The molecule has 2 aliphatic heterocycles. The number of β-lactam (4-membered cyclic amide) rings is 1. The Balaban J connectivity index is 1.37. The quantitative estimate of drug-likeness (QED) is 0.327. The molecule has 2 aromatic heterocycles. The maximum atomic E-state index is 13.3. The fourth-order valence-corrected chi connectivity index (χ4v) is 7.51. The van der Waals surface area contributed by atoms with Crippen LogP contribution in [0.15, 0.2) is 33.9 Å². The predicted molar refractivity (Wildman–Crippen MR) is 131 cm³/mol. The minimum Gasteiger partial charge on any atom is -0.480 e. The minimum atomic E-state index is -1.11. The first-order valence-corrected chi connectivity index (χ1v) is 13.0. The van der Waals surface area contributed by atoms with E-state index in [1.807, 2.05) is 0 Å². The summed E-state index contributed by atoms with van der Waals surface area (Å²) < 4.78 is 5.90. The Hall–Kier alpha value is -3.10. The van der Waals surface area contributed by atoms with Gasteiger partial charge < -0.3 is 19.8 Å². The molecule has 4 heterocycles. The minimum absolute atomic E-state index is 0.167. The zero-order valence-corrected chi connectivity index (χ0v) is 21.6. The van der Waals surface area contributed by atoms with Gasteiger partial charge in [-0.05, 0) is 30.3 Å². The third kappa shape index (κ3) is 3.92. The summed E-state index contributed by atoms with van der Waals surface area (Å²) >= 11 is 8.93. The fraction of sp³-hybridized carbons (Fsp3) is 0.381. The standard InChI is InChI=1S/C21H20ClN7O5S2/c1-9-12(13(25-34-9)10-6-4-5-7-11(10)22)16(30)23-14-17(31)29-15(19(32)33)21(2,36-18(14)29)8-35-20-24-26-27-28(20)3/h4-7,14-15,18H,8H2,1-3H3,(H,23,30)(H,32,33)/t14?,15?,18-,21?/m1/s1. The van der Waals surface area contributed by atoms with Gasteiger partial charge in [0.1, 0.15) is 34.5 Å². The van der Waals surface area contributed by atoms with E-state index in [1.54, 1.807) is 45.2 Å². The monoisotopic (exact) mass is 549 g/mol. The summed E-state index contributed by atoms with van der Waals surface area (Å²) in [6, 6.07) is 4.93. The summed E-state index contributed by atoms with van der Waals surface area (Å²) in [6.07, 6.45) is 0. The van der Waals surface area contributed by atoms with Crippen molar-refractivity contribution in [3.05, 3.63) is 40.6 Å². The zero-order valence-electron chi connectivity index (χ0n) is 19.2. The molecule has 2 N–H and O–H groups in total. The molecule has 0 spiro atoms. The number of thioether (sulfide) groups is 2. The summed E-state index contributed by atoms with van der Waals surface area (Å²) in [6.45, 7) is 3.38. The normalized spacial score (nSPS) is 24.9. The van der Waals surface area contributed by atoms with Gasteiger partial charge in [0, 0.05) is 18.4 Å². The van der Waals surface area contributed by atoms with Gasteiger partial charge in [0.25, 0.3) is 5.91 Å². The number of aryl methyl sites for hydroxylation is 2. The molecule has 2 aliphatic rings. The zero-order chi connectivity index (χ0) is 25.8. The highest BCUT2D eigenvalue weighted by Gasteiger charge is 2.65. The number of aliphatic carboxylic acids is 1. The number of hydrogen-bond acceptors (Lipinski definition) is 10. The van der Waals surface area contributed by atoms with Crippen LogP contribution in [-0.4, -0.2) is 81.1 Å². The lowest BCUT2D eigenvalue weighted by molar-refractivity contribution is -0.159. The Morgan fingerprint density at radius 3 is 2.78 bits per heavy atom. The van der Waals surface area contributed by atoms with Gasteiger partial charge in [-0.3, -0.25) is 9.59 Å². The van der Waals surface area contributed by atoms with Crippen LogP contribution in [0.25, 0.3) is 11.3 Å². The van der Waals surface area contributed by atoms with Crippen LogP contribution in [0.1, 0.15) is 23.0 Å². The van der Waals surface area contributed by atoms with E-state index in [0.29, 0.717) is 21.5 Å². The topological polar surface area (TPSA) is 156 Å². The Labute approximate surface area is 218 Å². The highest BCUT2D eigenvalue weighted by atomic mass is 35.5. The van der Waals surface area contributed by atoms with Crippen LogP contribution in [0.3, 0.4) is 0 Å². The van der Waals surface area contributed by atoms with Crippen LogP contribution in [0.2, 0.25) is 5.02 Å². The van der Waals surface area contributed by atoms with E-state index in [0.717, 1.165) is 0 Å². The number of nitrogens with zero attached hydrogens (tertiary/aromatic N) is 6. The van der Waals surface area contributed by atoms with E-state index < -0.39 is 40.0 Å². The van der Waals surface area contributed by atoms with Crippen molar-refractivity contribution in [2.75, 3.05) is 5.75 Å². The van der Waals surface area contributed by atoms with Gasteiger partial charge in [-0.2, -0.15) is 0 Å². The highest BCUT2D eigenvalue weighted by molar-refractivity contribution is 8.04. The molecule has 2 fully saturated rings. The van der Waals surface area contributed by atoms with Crippen LogP contribution in [0, 0.1) is 6.92 Å². The van der Waals surface area contributed by atoms with E-state index >= 15 is 0 Å². The van der Waals surface area contributed by atoms with E-state index in [4.69, 9.17) is 16.1 Å². The number of benzene rings is 1. The van der Waals surface area contributed by atoms with Gasteiger partial charge in [0.15, 0.2) is 0 Å². The SMILES string of the molecule is Cc1onc(-c2ccccc2Cl)c1C(=O)NC1C(=O)N2C(C(=O)O)C(C)(CSc3nnnn3C)S[C@H]12. The van der Waals surface area contributed by atoms with Gasteiger partial charge in [0.05, 0.1) is 9.77 Å². The van der Waals surface area contributed by atoms with Crippen molar-refractivity contribution in [2.45, 2.75) is 41.2 Å². The molecule has 0 radical (unpaired) electrons. The van der Waals surface area contributed by atoms with Crippen LogP contribution in [0.4, 0.5) is 0 Å². The molecular formula is C21H20ClN7O5S2. The van der Waals surface area contributed by atoms with Gasteiger partial charge in [-0.1, -0.05) is 46.7 Å². The fourth-order valence-electron chi connectivity index (χ4n) is 4.39. The average Bonchev–Trinajstić information content (AvgIpc) is 3.50. The maximum Gasteiger partial charge on any atom is 0.327 e. The molecular weight excluding hydrogens is 530 g/mol. The number of carboxylic acids is 1. The summed E-state index contributed by atoms with van der Waals surface area (Å²) in [5, 5.41) is 28.4. The van der Waals surface area contributed by atoms with Crippen LogP contribution < -0.4 is 5.32 Å². The second-order valence-electron chi connectivity index (χ2n) is 8.57. The van der Waals surface area contributed by atoms with Gasteiger partial charge >= 0.3 is 5.97 Å². The summed E-state index contributed by atoms with van der Waals surface area (Å²) in [7, 11) is 1.69. The third-order valence-corrected chi connectivity index (χ3v) is 9.64. The number of carbonyl (C=O) groups is 3. The Morgan fingerprint density at radius 1 is 1.36 bits per heavy atom. The van der Waals surface area contributed by atoms with Crippen molar-refractivity contribution in [3.8, 4) is 11.3 Å². The molecule has 188 valence electrons. The maximum absolute atomic E-state index is 13.3. The molecule has 12 nitrogen and oxygen atoms in total. The number of nitrogens with one attached hydrogen (secondary N) is 1. The van der Waals surface area contributed by atoms with E-state index in [2.05, 4.69) is 26.0 Å². The Morgan fingerprint density at radius 2 is 2.11 bits per heavy atom. The molecule has 0 bridgehead atoms. The molecule has 5 rings (SSSR count). The summed E-state index contributed by atoms with van der Waals surface area (Å²) in [5.41, 5.74) is 0.951. The van der Waals surface area contributed by atoms with Crippen LogP contribution in [-0.2, 0) is 16.6 Å². The predicted octanol–water partition coefficient (Wildman–Crippen LogP) is 1.84. The number of fused-ring (bicyclic) bond motifs is 1. The molecule has 4 atom stereocenters. The second kappa shape index (κ2) is 9.09. The molecule has 3 unspecified atom stereocenters. The third-order valence-electron chi connectivity index (χ3n) is 6.13. The van der Waals surface area contributed by atoms with Gasteiger partial charge in [-0.25, -0.2) is 9.48 Å². The summed E-state index contributed by atoms with van der Waals surface area (Å²) in [5.74, 6) is -1.52. The average molecular weight is 550 g/mol. The van der Waals surface area contributed by atoms with Crippen molar-refractivity contribution >= 4 is 52.9 Å². The molecule has 2 saturated heterocycles. The van der Waals surface area contributed by atoms with Gasteiger partial charge in [0.2, 0.25) is 11.1 Å². The number of rotatable bonds is 7. The highest BCUT2D eigenvalue weighted by Crippen LogP contribution is 2.52. The number of halogens is 1. The molecule has 1 aromatic carbocycles. The number of carboxylic acid groups (broad SMARTS) is 1. The first-order valence-electron chi connectivity index (χ1n) is 10.7. The van der Waals surface area contributed by atoms with E-state index in [9.17, 15) is 19.5 Å². The number of carbonyl (C=O) groups excluding carboxylic acids is 2. The molecule has 2 amide bonds. The largest absolute Gasteiger partial charge is 0.480 e. The van der Waals surface area contributed by atoms with Crippen molar-refractivity contribution in [2.24, 2.45) is 7.05 Å². The molecule has 15 heteroatoms. The lowest BCUT2D eigenvalue weighted by Crippen LogP contribution is -2.70. The molecule has 0 saturated carbocycles. The lowest BCUT2D eigenvalue weighted by Gasteiger charge is -2.43. The van der Waals surface area contributed by atoms with Gasteiger partial charge in [-0.15, -0.1) is 16.9 Å². The number of amides is 2. The number of aromatic nitrogens is 5. The van der Waals surface area contributed by atoms with Crippen LogP contribution in [0.5, 0.6) is 0 Å². The molecule has 3 aromatic rings. The van der Waals surface area contributed by atoms with Crippen molar-refractivity contribution in [1.29, 1.82) is 0 Å². The Kier molecular flexibility index (Phi) is 6.21. The van der Waals surface area contributed by atoms with Crippen molar-refractivity contribution in [1.82, 2.24) is 35.6 Å². The van der Waals surface area contributed by atoms with E-state index in [1.165, 1.54) is 33.1 Å². The number of tetrazole rings is 1. The Bertz CT molecular complexity index is 1380. The smallest absolute Gasteiger partial charge is 0.327 e. The van der Waals surface area contributed by atoms with Crippen LogP contribution >= 0.6 is 35.1 Å². The second-order valence-corrected chi connectivity index (χ2v) is 11.6.